The number of H-pyrrole nitrogens is 1. The Kier molecular flexibility index (Phi) is 6.41. The maximum atomic E-state index is 13.3. The molecule has 2 heterocycles. The van der Waals surface area contributed by atoms with Gasteiger partial charge in [0.1, 0.15) is 11.2 Å². The summed E-state index contributed by atoms with van der Waals surface area (Å²) < 4.78 is 12.1. The second kappa shape index (κ2) is 9.24. The predicted molar refractivity (Wildman–Crippen MR) is 141 cm³/mol. The van der Waals surface area contributed by atoms with Gasteiger partial charge in [-0.25, -0.2) is 14.2 Å². The molecule has 192 valence electrons. The minimum atomic E-state index is -0.868. The number of benzene rings is 2. The minimum Gasteiger partial charge on any atom is -0.444 e. The van der Waals surface area contributed by atoms with Crippen LogP contribution in [0.2, 0.25) is 0 Å². The van der Waals surface area contributed by atoms with Crippen molar-refractivity contribution in [1.29, 1.82) is 0 Å². The number of fused-ring (bicyclic) bond motifs is 2. The molecule has 0 aliphatic carbocycles. The van der Waals surface area contributed by atoms with Crippen LogP contribution in [0.15, 0.2) is 59.4 Å². The molecule has 0 aliphatic heterocycles. The number of pyridine rings is 1. The van der Waals surface area contributed by atoms with Crippen molar-refractivity contribution in [2.75, 3.05) is 0 Å². The molecule has 9 nitrogen and oxygen atoms in total. The number of ether oxygens (including phenoxy) is 2. The first-order valence-electron chi connectivity index (χ1n) is 11.8. The van der Waals surface area contributed by atoms with Crippen LogP contribution in [0, 0.1) is 0 Å². The van der Waals surface area contributed by atoms with Gasteiger partial charge in [-0.2, -0.15) is 0 Å². The Bertz CT molecular complexity index is 1600. The largest absolute Gasteiger partial charge is 0.444 e. The summed E-state index contributed by atoms with van der Waals surface area (Å²) in [6.45, 7) is 10.3. The molecular weight excluding hydrogens is 474 g/mol. The second-order valence-electron chi connectivity index (χ2n) is 10.7. The zero-order chi connectivity index (χ0) is 27.1. The van der Waals surface area contributed by atoms with Crippen molar-refractivity contribution in [3.05, 3.63) is 70.5 Å². The van der Waals surface area contributed by atoms with E-state index in [0.29, 0.717) is 22.1 Å². The van der Waals surface area contributed by atoms with E-state index >= 15 is 0 Å². The average molecular weight is 504 g/mol. The van der Waals surface area contributed by atoms with Crippen molar-refractivity contribution >= 4 is 39.9 Å². The lowest BCUT2D eigenvalue weighted by molar-refractivity contribution is 0.0504. The van der Waals surface area contributed by atoms with Crippen LogP contribution in [0.4, 0.5) is 9.59 Å². The number of aromatic nitrogens is 2. The summed E-state index contributed by atoms with van der Waals surface area (Å²) in [6, 6.07) is 15.3. The molecule has 2 aromatic carbocycles. The first-order chi connectivity index (χ1) is 17.2. The molecule has 2 aromatic heterocycles. The number of nitrogens with zero attached hydrogens (tertiary/aromatic N) is 1. The van der Waals surface area contributed by atoms with Gasteiger partial charge < -0.3 is 14.5 Å². The van der Waals surface area contributed by atoms with E-state index in [-0.39, 0.29) is 16.7 Å². The third kappa shape index (κ3) is 5.72. The quantitative estimate of drug-likeness (QED) is 0.368. The van der Waals surface area contributed by atoms with Gasteiger partial charge in [0, 0.05) is 16.5 Å². The van der Waals surface area contributed by atoms with E-state index in [0.717, 1.165) is 5.39 Å². The first-order valence-corrected chi connectivity index (χ1v) is 11.8. The molecule has 0 bridgehead atoms. The first kappa shape index (κ1) is 25.7. The van der Waals surface area contributed by atoms with Gasteiger partial charge in [-0.3, -0.25) is 14.9 Å². The zero-order valence-electron chi connectivity index (χ0n) is 21.6. The molecule has 0 aliphatic rings. The highest BCUT2D eigenvalue weighted by atomic mass is 16.6. The van der Waals surface area contributed by atoms with E-state index in [9.17, 15) is 19.2 Å². The number of nitrogens with one attached hydrogen (secondary N) is 2. The number of alkyl carbamates (subject to hydrolysis) is 1. The molecule has 4 rings (SSSR count). The van der Waals surface area contributed by atoms with Crippen LogP contribution >= 0.6 is 0 Å². The fourth-order valence-corrected chi connectivity index (χ4v) is 3.87. The predicted octanol–water partition coefficient (Wildman–Crippen LogP) is 5.60. The van der Waals surface area contributed by atoms with Crippen molar-refractivity contribution in [2.24, 2.45) is 0 Å². The number of carbonyl (C=O) groups is 3. The molecule has 0 atom stereocenters. The van der Waals surface area contributed by atoms with Crippen molar-refractivity contribution < 1.29 is 23.9 Å². The van der Waals surface area contributed by atoms with Gasteiger partial charge in [0.15, 0.2) is 0 Å². The Balaban J connectivity index is 1.83. The van der Waals surface area contributed by atoms with Gasteiger partial charge in [-0.05, 0) is 83.3 Å². The van der Waals surface area contributed by atoms with Crippen molar-refractivity contribution in [2.45, 2.75) is 52.7 Å². The summed E-state index contributed by atoms with van der Waals surface area (Å²) >= 11 is 0. The van der Waals surface area contributed by atoms with Crippen molar-refractivity contribution in [3.8, 4) is 11.3 Å². The second-order valence-corrected chi connectivity index (χ2v) is 10.7. The average Bonchev–Trinajstić information content (AvgIpc) is 3.14. The van der Waals surface area contributed by atoms with Gasteiger partial charge in [-0.1, -0.05) is 18.2 Å². The van der Waals surface area contributed by atoms with Crippen LogP contribution in [0.5, 0.6) is 0 Å². The Morgan fingerprint density at radius 3 is 2.19 bits per heavy atom. The zero-order valence-corrected chi connectivity index (χ0v) is 21.6. The highest BCUT2D eigenvalue weighted by Gasteiger charge is 2.25. The molecule has 0 saturated heterocycles. The Hall–Kier alpha value is -4.40. The number of amides is 2. The monoisotopic (exact) mass is 503 g/mol. The molecule has 2 N–H and O–H groups in total. The van der Waals surface area contributed by atoms with E-state index in [4.69, 9.17) is 9.47 Å². The maximum Gasteiger partial charge on any atom is 0.419 e. The molecule has 9 heteroatoms. The van der Waals surface area contributed by atoms with Crippen molar-refractivity contribution in [3.63, 3.8) is 0 Å². The van der Waals surface area contributed by atoms with E-state index < -0.39 is 29.3 Å². The molecule has 0 saturated carbocycles. The van der Waals surface area contributed by atoms with Gasteiger partial charge in [0.25, 0.3) is 11.5 Å². The lowest BCUT2D eigenvalue weighted by atomic mass is 10.1. The fourth-order valence-electron chi connectivity index (χ4n) is 3.87. The number of aromatic amines is 1. The highest BCUT2D eigenvalue weighted by Crippen LogP contribution is 2.30. The van der Waals surface area contributed by atoms with Crippen LogP contribution in [-0.4, -0.2) is 38.8 Å². The summed E-state index contributed by atoms with van der Waals surface area (Å²) in [4.78, 5) is 53.9. The fraction of sp³-hybridized carbons (Fsp3) is 0.286. The Labute approximate surface area is 213 Å². The van der Waals surface area contributed by atoms with Crippen LogP contribution in [0.1, 0.15) is 51.9 Å². The number of imide groups is 1. The van der Waals surface area contributed by atoms with Crippen LogP contribution in [0.25, 0.3) is 33.1 Å². The summed E-state index contributed by atoms with van der Waals surface area (Å²) in [5.41, 5.74) is -0.0772. The summed E-state index contributed by atoms with van der Waals surface area (Å²) in [6.07, 6.45) is -1.54. The van der Waals surface area contributed by atoms with Gasteiger partial charge in [0.05, 0.1) is 16.8 Å². The van der Waals surface area contributed by atoms with Crippen molar-refractivity contribution in [1.82, 2.24) is 14.9 Å². The Morgan fingerprint density at radius 1 is 0.838 bits per heavy atom. The third-order valence-electron chi connectivity index (χ3n) is 5.28. The lowest BCUT2D eigenvalue weighted by Crippen LogP contribution is -2.36. The van der Waals surface area contributed by atoms with Crippen LogP contribution in [-0.2, 0) is 9.47 Å². The lowest BCUT2D eigenvalue weighted by Gasteiger charge is -2.21. The number of rotatable bonds is 2. The summed E-state index contributed by atoms with van der Waals surface area (Å²) in [5.74, 6) is -0.661. The van der Waals surface area contributed by atoms with Gasteiger partial charge >= 0.3 is 12.2 Å². The van der Waals surface area contributed by atoms with E-state index in [2.05, 4.69) is 10.3 Å². The summed E-state index contributed by atoms with van der Waals surface area (Å²) in [7, 11) is 0. The highest BCUT2D eigenvalue weighted by molar-refractivity contribution is 6.06. The van der Waals surface area contributed by atoms with E-state index in [1.807, 2.05) is 18.2 Å². The molecule has 0 radical (unpaired) electrons. The number of para-hydroxylation sites is 1. The van der Waals surface area contributed by atoms with Crippen LogP contribution < -0.4 is 10.9 Å². The maximum absolute atomic E-state index is 13.3. The topological polar surface area (TPSA) is 119 Å². The van der Waals surface area contributed by atoms with Gasteiger partial charge in [-0.15, -0.1) is 0 Å². The van der Waals surface area contributed by atoms with Crippen LogP contribution in [0.3, 0.4) is 0 Å². The molecule has 4 aromatic rings. The minimum absolute atomic E-state index is 0.179. The van der Waals surface area contributed by atoms with E-state index in [1.54, 1.807) is 65.8 Å². The third-order valence-corrected chi connectivity index (χ3v) is 5.28. The Morgan fingerprint density at radius 2 is 1.51 bits per heavy atom. The molecule has 0 fully saturated rings. The number of hydrogen-bond donors (Lipinski definition) is 2. The summed E-state index contributed by atoms with van der Waals surface area (Å²) in [5, 5.41) is 3.49. The number of carbonyl (C=O) groups excluding carboxylic acids is 3. The molecule has 0 unspecified atom stereocenters. The molecule has 0 spiro atoms. The van der Waals surface area contributed by atoms with E-state index in [1.165, 1.54) is 16.7 Å². The standard InChI is InChI=1S/C28H29N3O6/c1-27(2,3)36-25(34)30-23(32)17-11-12-21-18(13-17)15-22(31(21)26(35)37-28(4,5)6)19-14-16-9-7-8-10-20(16)29-24(19)33/h7-15H,1-6H3,(H,29,33)(H,30,32,34). The molecule has 2 amide bonds. The smallest absolute Gasteiger partial charge is 0.419 e. The molecular formula is C28H29N3O6. The van der Waals surface area contributed by atoms with Gasteiger partial charge in [0.2, 0.25) is 0 Å². The molecule has 37 heavy (non-hydrogen) atoms. The SMILES string of the molecule is CC(C)(C)OC(=O)NC(=O)c1ccc2c(c1)cc(-c1cc3ccccc3[nH]c1=O)n2C(=O)OC(C)(C)C. The number of hydrogen-bond acceptors (Lipinski definition) is 6. The normalized spacial score (nSPS) is 11.9.